The SMILES string of the molecule is Cc1nc(CN2CCNC(C)(C3CC3)C2)no1. The lowest BCUT2D eigenvalue weighted by atomic mass is 9.93. The van der Waals surface area contributed by atoms with Crippen LogP contribution in [0.4, 0.5) is 0 Å². The third-order valence-corrected chi connectivity index (χ3v) is 3.92. The Hall–Kier alpha value is -0.940. The zero-order chi connectivity index (χ0) is 11.9. The van der Waals surface area contributed by atoms with Gasteiger partial charge in [0, 0.05) is 32.1 Å². The van der Waals surface area contributed by atoms with Crippen LogP contribution in [0.25, 0.3) is 0 Å². The Kier molecular flexibility index (Phi) is 2.67. The summed E-state index contributed by atoms with van der Waals surface area (Å²) in [7, 11) is 0. The minimum absolute atomic E-state index is 0.289. The first-order chi connectivity index (χ1) is 8.16. The van der Waals surface area contributed by atoms with Crippen LogP contribution in [0.15, 0.2) is 4.52 Å². The monoisotopic (exact) mass is 236 g/mol. The number of hydrogen-bond acceptors (Lipinski definition) is 5. The van der Waals surface area contributed by atoms with Crippen molar-refractivity contribution in [3.8, 4) is 0 Å². The van der Waals surface area contributed by atoms with E-state index in [0.717, 1.165) is 37.9 Å². The van der Waals surface area contributed by atoms with Crippen LogP contribution in [-0.2, 0) is 6.54 Å². The Morgan fingerprint density at radius 2 is 2.35 bits per heavy atom. The van der Waals surface area contributed by atoms with E-state index in [2.05, 4.69) is 27.3 Å². The molecule has 5 nitrogen and oxygen atoms in total. The standard InChI is InChI=1S/C12H20N4O/c1-9-14-11(15-17-9)7-16-6-5-13-12(2,8-16)10-3-4-10/h10,13H,3-8H2,1-2H3. The van der Waals surface area contributed by atoms with Gasteiger partial charge >= 0.3 is 0 Å². The summed E-state index contributed by atoms with van der Waals surface area (Å²) in [4.78, 5) is 6.70. The fourth-order valence-electron chi connectivity index (χ4n) is 2.83. The van der Waals surface area contributed by atoms with Crippen molar-refractivity contribution in [3.05, 3.63) is 11.7 Å². The van der Waals surface area contributed by atoms with Gasteiger partial charge in [0.1, 0.15) is 0 Å². The van der Waals surface area contributed by atoms with Crippen molar-refractivity contribution in [3.63, 3.8) is 0 Å². The number of rotatable bonds is 3. The summed E-state index contributed by atoms with van der Waals surface area (Å²) < 4.78 is 5.01. The molecule has 1 unspecified atom stereocenters. The number of aromatic nitrogens is 2. The summed E-state index contributed by atoms with van der Waals surface area (Å²) in [5.41, 5.74) is 0.289. The van der Waals surface area contributed by atoms with Gasteiger partial charge in [-0.1, -0.05) is 5.16 Å². The van der Waals surface area contributed by atoms with Crippen LogP contribution in [0.5, 0.6) is 0 Å². The van der Waals surface area contributed by atoms with E-state index in [9.17, 15) is 0 Å². The molecule has 2 heterocycles. The van der Waals surface area contributed by atoms with Crippen LogP contribution < -0.4 is 5.32 Å². The number of nitrogens with zero attached hydrogens (tertiary/aromatic N) is 3. The van der Waals surface area contributed by atoms with Crippen molar-refractivity contribution in [2.45, 2.75) is 38.8 Å². The van der Waals surface area contributed by atoms with Gasteiger partial charge in [0.05, 0.1) is 6.54 Å². The number of hydrogen-bond donors (Lipinski definition) is 1. The number of aryl methyl sites for hydroxylation is 1. The maximum absolute atomic E-state index is 5.01. The second-order valence-corrected chi connectivity index (χ2v) is 5.56. The van der Waals surface area contributed by atoms with Gasteiger partial charge in [-0.3, -0.25) is 4.90 Å². The predicted octanol–water partition coefficient (Wildman–Crippen LogP) is 0.952. The van der Waals surface area contributed by atoms with E-state index in [1.54, 1.807) is 0 Å². The zero-order valence-corrected chi connectivity index (χ0v) is 10.6. The van der Waals surface area contributed by atoms with E-state index in [-0.39, 0.29) is 5.54 Å². The van der Waals surface area contributed by atoms with Crippen LogP contribution in [0.3, 0.4) is 0 Å². The van der Waals surface area contributed by atoms with Gasteiger partial charge in [-0.2, -0.15) is 4.98 Å². The van der Waals surface area contributed by atoms with Gasteiger partial charge in [0.25, 0.3) is 0 Å². The average Bonchev–Trinajstić information content (AvgIpc) is 3.05. The maximum Gasteiger partial charge on any atom is 0.223 e. The summed E-state index contributed by atoms with van der Waals surface area (Å²) in [6.07, 6.45) is 2.75. The third-order valence-electron chi connectivity index (χ3n) is 3.92. The highest BCUT2D eigenvalue weighted by molar-refractivity contribution is 5.02. The highest BCUT2D eigenvalue weighted by Gasteiger charge is 2.43. The number of nitrogens with one attached hydrogen (secondary N) is 1. The Morgan fingerprint density at radius 1 is 1.53 bits per heavy atom. The van der Waals surface area contributed by atoms with Crippen LogP contribution in [-0.4, -0.2) is 40.2 Å². The van der Waals surface area contributed by atoms with Crippen molar-refractivity contribution in [2.24, 2.45) is 5.92 Å². The lowest BCUT2D eigenvalue weighted by Crippen LogP contribution is -2.59. The summed E-state index contributed by atoms with van der Waals surface area (Å²) in [6.45, 7) is 8.20. The molecule has 1 saturated carbocycles. The molecule has 5 heteroatoms. The fraction of sp³-hybridized carbons (Fsp3) is 0.833. The van der Waals surface area contributed by atoms with E-state index in [1.165, 1.54) is 12.8 Å². The molecule has 1 aliphatic carbocycles. The van der Waals surface area contributed by atoms with E-state index < -0.39 is 0 Å². The minimum Gasteiger partial charge on any atom is -0.340 e. The Bertz CT molecular complexity index is 401. The average molecular weight is 236 g/mol. The van der Waals surface area contributed by atoms with E-state index >= 15 is 0 Å². The van der Waals surface area contributed by atoms with Gasteiger partial charge in [-0.15, -0.1) is 0 Å². The third kappa shape index (κ3) is 2.35. The fourth-order valence-corrected chi connectivity index (χ4v) is 2.83. The van der Waals surface area contributed by atoms with Gasteiger partial charge < -0.3 is 9.84 Å². The molecule has 1 atom stereocenters. The highest BCUT2D eigenvalue weighted by atomic mass is 16.5. The molecule has 1 aliphatic heterocycles. The smallest absolute Gasteiger partial charge is 0.223 e. The molecule has 3 rings (SSSR count). The van der Waals surface area contributed by atoms with Crippen LogP contribution >= 0.6 is 0 Å². The second-order valence-electron chi connectivity index (χ2n) is 5.56. The lowest BCUT2D eigenvalue weighted by molar-refractivity contribution is 0.118. The Morgan fingerprint density at radius 3 is 3.00 bits per heavy atom. The van der Waals surface area contributed by atoms with Crippen molar-refractivity contribution in [2.75, 3.05) is 19.6 Å². The first-order valence-corrected chi connectivity index (χ1v) is 6.42. The van der Waals surface area contributed by atoms with Crippen molar-refractivity contribution in [1.82, 2.24) is 20.4 Å². The van der Waals surface area contributed by atoms with Crippen LogP contribution in [0.1, 0.15) is 31.5 Å². The molecule has 2 aliphatic rings. The molecule has 0 radical (unpaired) electrons. The summed E-state index contributed by atoms with van der Waals surface area (Å²) >= 11 is 0. The molecule has 1 aromatic heterocycles. The molecule has 0 aromatic carbocycles. The zero-order valence-electron chi connectivity index (χ0n) is 10.6. The molecule has 1 N–H and O–H groups in total. The molecule has 0 amide bonds. The second kappa shape index (κ2) is 4.07. The Labute approximate surface area is 102 Å². The first kappa shape index (κ1) is 11.2. The van der Waals surface area contributed by atoms with Crippen LogP contribution in [0.2, 0.25) is 0 Å². The van der Waals surface area contributed by atoms with Crippen molar-refractivity contribution < 1.29 is 4.52 Å². The minimum atomic E-state index is 0.289. The molecule has 0 bridgehead atoms. The molecule has 1 saturated heterocycles. The van der Waals surface area contributed by atoms with Crippen molar-refractivity contribution >= 4 is 0 Å². The quantitative estimate of drug-likeness (QED) is 0.847. The van der Waals surface area contributed by atoms with Gasteiger partial charge in [0.15, 0.2) is 5.82 Å². The molecular weight excluding hydrogens is 216 g/mol. The van der Waals surface area contributed by atoms with E-state index in [0.29, 0.717) is 5.89 Å². The molecular formula is C12H20N4O. The van der Waals surface area contributed by atoms with Gasteiger partial charge in [-0.05, 0) is 25.7 Å². The molecule has 1 aromatic rings. The molecule has 2 fully saturated rings. The first-order valence-electron chi connectivity index (χ1n) is 6.42. The van der Waals surface area contributed by atoms with Crippen LogP contribution in [0, 0.1) is 12.8 Å². The normalized spacial score (nSPS) is 30.7. The van der Waals surface area contributed by atoms with E-state index in [4.69, 9.17) is 4.52 Å². The summed E-state index contributed by atoms with van der Waals surface area (Å²) in [5.74, 6) is 2.32. The molecule has 94 valence electrons. The van der Waals surface area contributed by atoms with Gasteiger partial charge in [0.2, 0.25) is 5.89 Å². The Balaban J connectivity index is 1.63. The van der Waals surface area contributed by atoms with E-state index in [1.807, 2.05) is 6.92 Å². The topological polar surface area (TPSA) is 54.2 Å². The molecule has 17 heavy (non-hydrogen) atoms. The largest absolute Gasteiger partial charge is 0.340 e. The summed E-state index contributed by atoms with van der Waals surface area (Å²) in [6, 6.07) is 0. The van der Waals surface area contributed by atoms with Crippen molar-refractivity contribution in [1.29, 1.82) is 0 Å². The lowest BCUT2D eigenvalue weighted by Gasteiger charge is -2.41. The molecule has 0 spiro atoms. The highest BCUT2D eigenvalue weighted by Crippen LogP contribution is 2.40. The van der Waals surface area contributed by atoms with Gasteiger partial charge in [-0.25, -0.2) is 0 Å². The maximum atomic E-state index is 5.01. The summed E-state index contributed by atoms with van der Waals surface area (Å²) in [5, 5.41) is 7.64. The predicted molar refractivity (Wildman–Crippen MR) is 63.4 cm³/mol. The number of piperazine rings is 1.